The zero-order chi connectivity index (χ0) is 18.7. The molecule has 1 aromatic carbocycles. The summed E-state index contributed by atoms with van der Waals surface area (Å²) in [5, 5.41) is 0. The maximum Gasteiger partial charge on any atom is 0.416 e. The van der Waals surface area contributed by atoms with Crippen LogP contribution in [0, 0.1) is 5.92 Å². The van der Waals surface area contributed by atoms with E-state index in [4.69, 9.17) is 9.47 Å². The van der Waals surface area contributed by atoms with Crippen LogP contribution in [0.5, 0.6) is 5.75 Å². The molecule has 0 radical (unpaired) electrons. The van der Waals surface area contributed by atoms with E-state index in [0.717, 1.165) is 25.0 Å². The summed E-state index contributed by atoms with van der Waals surface area (Å²) in [6.45, 7) is 6.79. The van der Waals surface area contributed by atoms with E-state index in [0.29, 0.717) is 13.1 Å². The van der Waals surface area contributed by atoms with Gasteiger partial charge in [-0.25, -0.2) is 4.79 Å². The monoisotopic (exact) mass is 359 g/mol. The van der Waals surface area contributed by atoms with Gasteiger partial charge < -0.3 is 14.4 Å². The second-order valence-electron chi connectivity index (χ2n) is 7.27. The van der Waals surface area contributed by atoms with E-state index < -0.39 is 17.3 Å². The Kier molecular flexibility index (Phi) is 5.85. The molecule has 0 aliphatic carbocycles. The fraction of sp³-hybridized carbons (Fsp3) is 0.611. The molecule has 0 N–H and O–H groups in total. The Bertz CT molecular complexity index is 596. The van der Waals surface area contributed by atoms with Gasteiger partial charge in [0.15, 0.2) is 0 Å². The fourth-order valence-electron chi connectivity index (χ4n) is 2.67. The molecule has 1 saturated heterocycles. The molecule has 2 rings (SSSR count). The molecule has 1 aromatic rings. The first kappa shape index (κ1) is 19.4. The van der Waals surface area contributed by atoms with Gasteiger partial charge in [-0.3, -0.25) is 0 Å². The summed E-state index contributed by atoms with van der Waals surface area (Å²) in [7, 11) is 0. The van der Waals surface area contributed by atoms with E-state index in [1.54, 1.807) is 4.90 Å². The summed E-state index contributed by atoms with van der Waals surface area (Å²) >= 11 is 0. The van der Waals surface area contributed by atoms with E-state index in [1.165, 1.54) is 12.1 Å². The average molecular weight is 359 g/mol. The maximum atomic E-state index is 12.7. The van der Waals surface area contributed by atoms with Crippen LogP contribution in [0.3, 0.4) is 0 Å². The van der Waals surface area contributed by atoms with Crippen molar-refractivity contribution in [1.29, 1.82) is 0 Å². The Balaban J connectivity index is 1.90. The van der Waals surface area contributed by atoms with Gasteiger partial charge in [-0.2, -0.15) is 13.2 Å². The van der Waals surface area contributed by atoms with Crippen LogP contribution in [-0.2, 0) is 10.9 Å². The molecule has 0 spiro atoms. The number of carbonyl (C=O) groups is 1. The zero-order valence-electron chi connectivity index (χ0n) is 14.7. The van der Waals surface area contributed by atoms with Crippen molar-refractivity contribution in [3.8, 4) is 5.75 Å². The Morgan fingerprint density at radius 2 is 2.00 bits per heavy atom. The van der Waals surface area contributed by atoms with Gasteiger partial charge >= 0.3 is 12.3 Å². The number of hydrogen-bond donors (Lipinski definition) is 0. The molecule has 7 heteroatoms. The number of halogens is 3. The van der Waals surface area contributed by atoms with Crippen molar-refractivity contribution in [2.45, 2.75) is 45.4 Å². The first-order valence-corrected chi connectivity index (χ1v) is 8.32. The molecule has 4 nitrogen and oxygen atoms in total. The van der Waals surface area contributed by atoms with Crippen LogP contribution in [0.1, 0.15) is 39.2 Å². The number of ether oxygens (including phenoxy) is 2. The van der Waals surface area contributed by atoms with Crippen LogP contribution in [0.2, 0.25) is 0 Å². The van der Waals surface area contributed by atoms with Crippen LogP contribution in [-0.4, -0.2) is 36.3 Å². The lowest BCUT2D eigenvalue weighted by molar-refractivity contribution is -0.137. The van der Waals surface area contributed by atoms with Crippen molar-refractivity contribution >= 4 is 6.09 Å². The molecular formula is C18H24F3NO3. The molecular weight excluding hydrogens is 335 g/mol. The number of alkyl halides is 3. The topological polar surface area (TPSA) is 38.8 Å². The summed E-state index contributed by atoms with van der Waals surface area (Å²) in [4.78, 5) is 13.8. The molecule has 0 bridgehead atoms. The number of nitrogens with zero attached hydrogens (tertiary/aromatic N) is 1. The standard InChI is InChI=1S/C18H24F3NO3/c1-17(2,3)25-16(23)22-9-5-6-13(11-22)12-24-15-8-4-7-14(10-15)18(19,20)21/h4,7-8,10,13H,5-6,9,11-12H2,1-3H3. The van der Waals surface area contributed by atoms with Gasteiger partial charge in [-0.05, 0) is 51.8 Å². The summed E-state index contributed by atoms with van der Waals surface area (Å²) in [5.41, 5.74) is -1.29. The Morgan fingerprint density at radius 1 is 1.28 bits per heavy atom. The van der Waals surface area contributed by atoms with Crippen LogP contribution in [0.4, 0.5) is 18.0 Å². The Morgan fingerprint density at radius 3 is 2.64 bits per heavy atom. The minimum absolute atomic E-state index is 0.0656. The third-order valence-corrected chi connectivity index (χ3v) is 3.82. The fourth-order valence-corrected chi connectivity index (χ4v) is 2.67. The first-order chi connectivity index (χ1) is 11.5. The second kappa shape index (κ2) is 7.54. The van der Waals surface area contributed by atoms with Crippen molar-refractivity contribution in [1.82, 2.24) is 4.90 Å². The van der Waals surface area contributed by atoms with Gasteiger partial charge in [-0.15, -0.1) is 0 Å². The van der Waals surface area contributed by atoms with Crippen LogP contribution in [0.25, 0.3) is 0 Å². The number of rotatable bonds is 3. The average Bonchev–Trinajstić information content (AvgIpc) is 2.51. The number of piperidine rings is 1. The minimum Gasteiger partial charge on any atom is -0.493 e. The van der Waals surface area contributed by atoms with Gasteiger partial charge in [0.2, 0.25) is 0 Å². The highest BCUT2D eigenvalue weighted by molar-refractivity contribution is 5.68. The summed E-state index contributed by atoms with van der Waals surface area (Å²) < 4.78 is 49.1. The Hall–Kier alpha value is -1.92. The van der Waals surface area contributed by atoms with Gasteiger partial charge in [0.1, 0.15) is 11.4 Å². The highest BCUT2D eigenvalue weighted by Crippen LogP contribution is 2.31. The largest absolute Gasteiger partial charge is 0.493 e. The summed E-state index contributed by atoms with van der Waals surface area (Å²) in [6.07, 6.45) is -3.08. The zero-order valence-corrected chi connectivity index (χ0v) is 14.7. The van der Waals surface area contributed by atoms with E-state index in [9.17, 15) is 18.0 Å². The van der Waals surface area contributed by atoms with E-state index >= 15 is 0 Å². The lowest BCUT2D eigenvalue weighted by atomic mass is 9.99. The van der Waals surface area contributed by atoms with Crippen molar-refractivity contribution in [2.24, 2.45) is 5.92 Å². The predicted octanol–water partition coefficient (Wildman–Crippen LogP) is 4.73. The van der Waals surface area contributed by atoms with Crippen LogP contribution < -0.4 is 4.74 Å². The summed E-state index contributed by atoms with van der Waals surface area (Å²) in [6, 6.07) is 4.84. The van der Waals surface area contributed by atoms with Crippen molar-refractivity contribution in [3.63, 3.8) is 0 Å². The van der Waals surface area contributed by atoms with Crippen molar-refractivity contribution in [2.75, 3.05) is 19.7 Å². The smallest absolute Gasteiger partial charge is 0.416 e. The normalized spacial score (nSPS) is 18.8. The molecule has 25 heavy (non-hydrogen) atoms. The Labute approximate surface area is 145 Å². The molecule has 140 valence electrons. The molecule has 1 atom stereocenters. The molecule has 1 heterocycles. The molecule has 1 aliphatic heterocycles. The van der Waals surface area contributed by atoms with E-state index in [2.05, 4.69) is 0 Å². The maximum absolute atomic E-state index is 12.7. The first-order valence-electron chi connectivity index (χ1n) is 8.32. The predicted molar refractivity (Wildman–Crippen MR) is 87.5 cm³/mol. The van der Waals surface area contributed by atoms with E-state index in [1.807, 2.05) is 20.8 Å². The highest BCUT2D eigenvalue weighted by atomic mass is 19.4. The lowest BCUT2D eigenvalue weighted by Gasteiger charge is -2.34. The third-order valence-electron chi connectivity index (χ3n) is 3.82. The van der Waals surface area contributed by atoms with Gasteiger partial charge in [0.25, 0.3) is 0 Å². The third kappa shape index (κ3) is 6.14. The van der Waals surface area contributed by atoms with Crippen LogP contribution in [0.15, 0.2) is 24.3 Å². The minimum atomic E-state index is -4.39. The molecule has 0 saturated carbocycles. The number of hydrogen-bond acceptors (Lipinski definition) is 3. The SMILES string of the molecule is CC(C)(C)OC(=O)N1CCCC(COc2cccc(C(F)(F)F)c2)C1. The molecule has 1 unspecified atom stereocenters. The molecule has 0 aromatic heterocycles. The number of amides is 1. The number of benzene rings is 1. The molecule has 1 amide bonds. The number of likely N-dealkylation sites (tertiary alicyclic amines) is 1. The second-order valence-corrected chi connectivity index (χ2v) is 7.27. The number of carbonyl (C=O) groups excluding carboxylic acids is 1. The van der Waals surface area contributed by atoms with Gasteiger partial charge in [0.05, 0.1) is 12.2 Å². The summed E-state index contributed by atoms with van der Waals surface area (Å²) in [5.74, 6) is 0.250. The lowest BCUT2D eigenvalue weighted by Crippen LogP contribution is -2.44. The van der Waals surface area contributed by atoms with Gasteiger partial charge in [-0.1, -0.05) is 6.07 Å². The van der Waals surface area contributed by atoms with Crippen molar-refractivity contribution < 1.29 is 27.4 Å². The molecule has 1 fully saturated rings. The van der Waals surface area contributed by atoms with Crippen LogP contribution >= 0.6 is 0 Å². The quantitative estimate of drug-likeness (QED) is 0.783. The molecule has 1 aliphatic rings. The van der Waals surface area contributed by atoms with Crippen molar-refractivity contribution in [3.05, 3.63) is 29.8 Å². The van der Waals surface area contributed by atoms with E-state index in [-0.39, 0.29) is 24.4 Å². The highest BCUT2D eigenvalue weighted by Gasteiger charge is 2.31. The van der Waals surface area contributed by atoms with Gasteiger partial charge in [0, 0.05) is 19.0 Å².